The van der Waals surface area contributed by atoms with Crippen LogP contribution in [0.3, 0.4) is 0 Å². The zero-order chi connectivity index (χ0) is 18.9. The van der Waals surface area contributed by atoms with E-state index in [1.54, 1.807) is 12.1 Å². The highest BCUT2D eigenvalue weighted by atomic mass is 35.5. The highest BCUT2D eigenvalue weighted by molar-refractivity contribution is 7.99. The highest BCUT2D eigenvalue weighted by Crippen LogP contribution is 2.43. The summed E-state index contributed by atoms with van der Waals surface area (Å²) in [6, 6.07) is 8.56. The molecule has 0 aliphatic carbocycles. The van der Waals surface area contributed by atoms with E-state index >= 15 is 0 Å². The number of aliphatic hydroxyl groups is 1. The van der Waals surface area contributed by atoms with Crippen LogP contribution in [-0.2, 0) is 17.6 Å². The summed E-state index contributed by atoms with van der Waals surface area (Å²) in [7, 11) is 0. The number of benzene rings is 2. The molecule has 2 aromatic carbocycles. The fourth-order valence-corrected chi connectivity index (χ4v) is 4.13. The van der Waals surface area contributed by atoms with Crippen molar-refractivity contribution in [2.45, 2.75) is 35.4 Å². The maximum atomic E-state index is 13.6. The second kappa shape index (κ2) is 7.50. The molecule has 0 saturated carbocycles. The van der Waals surface area contributed by atoms with Crippen LogP contribution in [0, 0.1) is 0 Å². The minimum Gasteiger partial charge on any atom is -0.392 e. The number of nitrogens with zero attached hydrogens (tertiary/aromatic N) is 1. The monoisotopic (exact) mass is 401 g/mol. The lowest BCUT2D eigenvalue weighted by molar-refractivity contribution is -0.139. The molecule has 0 aromatic heterocycles. The molecule has 2 aromatic rings. The van der Waals surface area contributed by atoms with Crippen LogP contribution in [0.5, 0.6) is 0 Å². The Bertz CT molecular complexity index is 842. The van der Waals surface area contributed by atoms with Gasteiger partial charge in [-0.15, -0.1) is 0 Å². The van der Waals surface area contributed by atoms with Gasteiger partial charge in [0.2, 0.25) is 5.91 Å². The van der Waals surface area contributed by atoms with Crippen LogP contribution < -0.4 is 4.90 Å². The molecule has 0 spiro atoms. The standard InChI is InChI=1S/C18H15ClF3NO2S/c19-12-4-3-11(10-24)16(8-12)26-15-6-5-13(9-14(15)18(20,21)22)23-7-1-2-17(23)25/h3-6,8-9,24H,1-2,7,10H2. The van der Waals surface area contributed by atoms with Crippen molar-refractivity contribution in [1.82, 2.24) is 0 Å². The lowest BCUT2D eigenvalue weighted by Crippen LogP contribution is -2.24. The number of amides is 1. The molecule has 0 radical (unpaired) electrons. The van der Waals surface area contributed by atoms with Crippen LogP contribution in [0.1, 0.15) is 24.0 Å². The van der Waals surface area contributed by atoms with E-state index in [4.69, 9.17) is 11.6 Å². The maximum Gasteiger partial charge on any atom is 0.417 e. The van der Waals surface area contributed by atoms with Gasteiger partial charge in [0.25, 0.3) is 0 Å². The van der Waals surface area contributed by atoms with Crippen molar-refractivity contribution in [3.05, 3.63) is 52.5 Å². The number of carbonyl (C=O) groups is 1. The first-order valence-corrected chi connectivity index (χ1v) is 9.08. The van der Waals surface area contributed by atoms with Crippen LogP contribution >= 0.6 is 23.4 Å². The third-order valence-corrected chi connectivity index (χ3v) is 5.48. The zero-order valence-corrected chi connectivity index (χ0v) is 15.1. The Morgan fingerprint density at radius 1 is 1.15 bits per heavy atom. The average molecular weight is 402 g/mol. The van der Waals surface area contributed by atoms with E-state index in [2.05, 4.69) is 0 Å². The number of anilines is 1. The van der Waals surface area contributed by atoms with Crippen molar-refractivity contribution in [1.29, 1.82) is 0 Å². The Balaban J connectivity index is 2.02. The lowest BCUT2D eigenvalue weighted by Gasteiger charge is -2.20. The number of hydrogen-bond acceptors (Lipinski definition) is 3. The third-order valence-electron chi connectivity index (χ3n) is 4.07. The van der Waals surface area contributed by atoms with Gasteiger partial charge >= 0.3 is 6.18 Å². The van der Waals surface area contributed by atoms with Gasteiger partial charge in [0.1, 0.15) is 0 Å². The van der Waals surface area contributed by atoms with Crippen LogP contribution in [0.15, 0.2) is 46.2 Å². The Labute approximate surface area is 157 Å². The average Bonchev–Trinajstić information content (AvgIpc) is 3.00. The first-order chi connectivity index (χ1) is 12.3. The van der Waals surface area contributed by atoms with Crippen LogP contribution in [-0.4, -0.2) is 17.6 Å². The summed E-state index contributed by atoms with van der Waals surface area (Å²) in [5.41, 5.74) is -0.0764. The van der Waals surface area contributed by atoms with Crippen molar-refractivity contribution in [3.63, 3.8) is 0 Å². The Hall–Kier alpha value is -1.70. The molecule has 3 rings (SSSR count). The van der Waals surface area contributed by atoms with Crippen molar-refractivity contribution in [3.8, 4) is 0 Å². The largest absolute Gasteiger partial charge is 0.417 e. The van der Waals surface area contributed by atoms with E-state index in [1.807, 2.05) is 0 Å². The number of halogens is 4. The molecule has 0 unspecified atom stereocenters. The molecule has 26 heavy (non-hydrogen) atoms. The summed E-state index contributed by atoms with van der Waals surface area (Å²) < 4.78 is 40.8. The lowest BCUT2D eigenvalue weighted by atomic mass is 10.2. The summed E-state index contributed by atoms with van der Waals surface area (Å²) in [5, 5.41) is 9.78. The van der Waals surface area contributed by atoms with E-state index < -0.39 is 11.7 Å². The van der Waals surface area contributed by atoms with Gasteiger partial charge in [-0.1, -0.05) is 29.4 Å². The third kappa shape index (κ3) is 4.00. The maximum absolute atomic E-state index is 13.6. The van der Waals surface area contributed by atoms with Gasteiger partial charge in [0, 0.05) is 33.5 Å². The van der Waals surface area contributed by atoms with E-state index in [-0.39, 0.29) is 23.1 Å². The van der Waals surface area contributed by atoms with Gasteiger partial charge in [-0.2, -0.15) is 13.2 Å². The Morgan fingerprint density at radius 2 is 1.92 bits per heavy atom. The van der Waals surface area contributed by atoms with Gasteiger partial charge in [-0.3, -0.25) is 4.79 Å². The molecule has 1 heterocycles. The highest BCUT2D eigenvalue weighted by Gasteiger charge is 2.35. The van der Waals surface area contributed by atoms with Crippen LogP contribution in [0.25, 0.3) is 0 Å². The van der Waals surface area contributed by atoms with Crippen LogP contribution in [0.4, 0.5) is 18.9 Å². The molecule has 0 bridgehead atoms. The number of rotatable bonds is 4. The molecule has 1 aliphatic rings. The summed E-state index contributed by atoms with van der Waals surface area (Å²) in [6.45, 7) is 0.118. The van der Waals surface area contributed by atoms with E-state index in [0.717, 1.165) is 17.8 Å². The fourth-order valence-electron chi connectivity index (χ4n) is 2.79. The fraction of sp³-hybridized carbons (Fsp3) is 0.278. The molecule has 1 N–H and O–H groups in total. The molecule has 1 aliphatic heterocycles. The second-order valence-electron chi connectivity index (χ2n) is 5.84. The summed E-state index contributed by atoms with van der Waals surface area (Å²) in [6.07, 6.45) is -3.58. The number of aliphatic hydroxyl groups excluding tert-OH is 1. The number of carbonyl (C=O) groups excluding carboxylic acids is 1. The number of alkyl halides is 3. The zero-order valence-electron chi connectivity index (χ0n) is 13.5. The van der Waals surface area contributed by atoms with Gasteiger partial charge in [0.05, 0.1) is 12.2 Å². The van der Waals surface area contributed by atoms with Gasteiger partial charge < -0.3 is 10.0 Å². The second-order valence-corrected chi connectivity index (χ2v) is 7.36. The molecule has 0 atom stereocenters. The molecule has 3 nitrogen and oxygen atoms in total. The smallest absolute Gasteiger partial charge is 0.392 e. The summed E-state index contributed by atoms with van der Waals surface area (Å²) in [5.74, 6) is -0.170. The van der Waals surface area contributed by atoms with E-state index in [1.165, 1.54) is 23.1 Å². The summed E-state index contributed by atoms with van der Waals surface area (Å²) >= 11 is 6.83. The molecule has 138 valence electrons. The molecule has 8 heteroatoms. The predicted molar refractivity (Wildman–Crippen MR) is 94.5 cm³/mol. The molecule has 1 amide bonds. The Kier molecular flexibility index (Phi) is 5.50. The molecule has 1 fully saturated rings. The Morgan fingerprint density at radius 3 is 2.54 bits per heavy atom. The first kappa shape index (κ1) is 19.1. The van der Waals surface area contributed by atoms with Gasteiger partial charge in [-0.25, -0.2) is 0 Å². The minimum absolute atomic E-state index is 0.00939. The summed E-state index contributed by atoms with van der Waals surface area (Å²) in [4.78, 5) is 13.7. The van der Waals surface area contributed by atoms with Crippen molar-refractivity contribution < 1.29 is 23.1 Å². The first-order valence-electron chi connectivity index (χ1n) is 7.88. The SMILES string of the molecule is O=C1CCCN1c1ccc(Sc2cc(Cl)ccc2CO)c(C(F)(F)F)c1. The van der Waals surface area contributed by atoms with Gasteiger partial charge in [-0.05, 0) is 42.3 Å². The normalized spacial score (nSPS) is 15.0. The van der Waals surface area contributed by atoms with E-state index in [9.17, 15) is 23.1 Å². The quantitative estimate of drug-likeness (QED) is 0.772. The van der Waals surface area contributed by atoms with Crippen molar-refractivity contribution >= 4 is 35.0 Å². The van der Waals surface area contributed by atoms with Crippen LogP contribution in [0.2, 0.25) is 5.02 Å². The topological polar surface area (TPSA) is 40.5 Å². The van der Waals surface area contributed by atoms with E-state index in [0.29, 0.717) is 34.9 Å². The molecular formula is C18H15ClF3NO2S. The van der Waals surface area contributed by atoms with Crippen molar-refractivity contribution in [2.75, 3.05) is 11.4 Å². The minimum atomic E-state index is -4.57. The number of hydrogen-bond donors (Lipinski definition) is 1. The molecule has 1 saturated heterocycles. The predicted octanol–water partition coefficient (Wildman–Crippen LogP) is 5.13. The molecular weight excluding hydrogens is 387 g/mol. The van der Waals surface area contributed by atoms with Gasteiger partial charge in [0.15, 0.2) is 0 Å². The van der Waals surface area contributed by atoms with Crippen molar-refractivity contribution in [2.24, 2.45) is 0 Å².